The first-order chi connectivity index (χ1) is 4.34. The second-order valence-electron chi connectivity index (χ2n) is 1.74. The Labute approximate surface area is 53.8 Å². The highest BCUT2D eigenvalue weighted by Gasteiger charge is 1.85. The largest absolute Gasteiger partial charge is 0.315 e. The topological polar surface area (TPSA) is 22.0 Å². The van der Waals surface area contributed by atoms with Gasteiger partial charge in [0.05, 0.1) is 6.07 Å². The molecular formula is C7H8NO. The lowest BCUT2D eigenvalue weighted by Crippen LogP contribution is -2.16. The van der Waals surface area contributed by atoms with Gasteiger partial charge in [-0.2, -0.15) is 0 Å². The Bertz CT molecular complexity index is 239. The molecule has 2 nitrogen and oxygen atoms in total. The average Bonchev–Trinajstić information content (AvgIpc) is 1.89. The van der Waals surface area contributed by atoms with Crippen LogP contribution in [0, 0.1) is 6.07 Å². The van der Waals surface area contributed by atoms with Crippen LogP contribution in [0.2, 0.25) is 0 Å². The molecule has 0 aliphatic rings. The summed E-state index contributed by atoms with van der Waals surface area (Å²) >= 11 is 0. The normalized spacial score (nSPS) is 9.44. The Kier molecular flexibility index (Phi) is 1.68. The summed E-state index contributed by atoms with van der Waals surface area (Å²) in [6.07, 6.45) is 1.75. The maximum atomic E-state index is 10.8. The minimum atomic E-state index is -0.0556. The molecule has 1 aromatic rings. The van der Waals surface area contributed by atoms with Crippen molar-refractivity contribution in [2.75, 3.05) is 0 Å². The van der Waals surface area contributed by atoms with Crippen molar-refractivity contribution < 1.29 is 0 Å². The van der Waals surface area contributed by atoms with Gasteiger partial charge >= 0.3 is 0 Å². The van der Waals surface area contributed by atoms with E-state index < -0.39 is 0 Å². The third kappa shape index (κ3) is 1.19. The molecule has 0 spiro atoms. The Hall–Kier alpha value is -1.05. The fourth-order valence-electron chi connectivity index (χ4n) is 0.666. The predicted molar refractivity (Wildman–Crippen MR) is 35.2 cm³/mol. The Morgan fingerprint density at radius 3 is 3.00 bits per heavy atom. The fourth-order valence-corrected chi connectivity index (χ4v) is 0.666. The van der Waals surface area contributed by atoms with Crippen LogP contribution in [0.15, 0.2) is 23.1 Å². The van der Waals surface area contributed by atoms with Crippen LogP contribution in [0.5, 0.6) is 0 Å². The highest BCUT2D eigenvalue weighted by molar-refractivity contribution is 4.90. The zero-order chi connectivity index (χ0) is 6.69. The van der Waals surface area contributed by atoms with Gasteiger partial charge in [0, 0.05) is 12.7 Å². The van der Waals surface area contributed by atoms with E-state index in [1.54, 1.807) is 22.9 Å². The number of hydrogen-bond acceptors (Lipinski definition) is 1. The smallest absolute Gasteiger partial charge is 0.258 e. The standard InChI is InChI=1S/C7H8NO/c1-2-8-6-4-3-5-7(8)9/h3-4,6H,2H2,1H3. The molecule has 47 valence electrons. The van der Waals surface area contributed by atoms with Crippen LogP contribution in [-0.2, 0) is 6.54 Å². The van der Waals surface area contributed by atoms with E-state index >= 15 is 0 Å². The highest BCUT2D eigenvalue weighted by Crippen LogP contribution is 1.78. The maximum Gasteiger partial charge on any atom is 0.258 e. The molecule has 1 heterocycles. The quantitative estimate of drug-likeness (QED) is 0.536. The van der Waals surface area contributed by atoms with Crippen molar-refractivity contribution in [1.82, 2.24) is 4.57 Å². The lowest BCUT2D eigenvalue weighted by atomic mass is 10.5. The molecule has 0 saturated carbocycles. The summed E-state index contributed by atoms with van der Waals surface area (Å²) in [6, 6.07) is 5.97. The summed E-state index contributed by atoms with van der Waals surface area (Å²) in [4.78, 5) is 10.8. The molecule has 0 aliphatic heterocycles. The monoisotopic (exact) mass is 122 g/mol. The molecule has 0 saturated heterocycles. The Morgan fingerprint density at radius 1 is 1.78 bits per heavy atom. The van der Waals surface area contributed by atoms with Gasteiger partial charge in [0.1, 0.15) is 0 Å². The van der Waals surface area contributed by atoms with Crippen LogP contribution in [0.1, 0.15) is 6.92 Å². The molecule has 1 aromatic heterocycles. The number of hydrogen-bond donors (Lipinski definition) is 0. The molecule has 0 bridgehead atoms. The predicted octanol–water partition coefficient (Wildman–Crippen LogP) is 0.668. The van der Waals surface area contributed by atoms with Crippen LogP contribution >= 0.6 is 0 Å². The van der Waals surface area contributed by atoms with Crippen molar-refractivity contribution in [2.45, 2.75) is 13.5 Å². The molecule has 2 heteroatoms. The number of rotatable bonds is 1. The second-order valence-corrected chi connectivity index (χ2v) is 1.74. The maximum absolute atomic E-state index is 10.8. The van der Waals surface area contributed by atoms with Gasteiger partial charge in [-0.25, -0.2) is 0 Å². The van der Waals surface area contributed by atoms with Gasteiger partial charge in [0.2, 0.25) is 0 Å². The molecule has 0 atom stereocenters. The van der Waals surface area contributed by atoms with Crippen LogP contribution < -0.4 is 5.56 Å². The lowest BCUT2D eigenvalue weighted by molar-refractivity contribution is 0.726. The molecule has 0 fully saturated rings. The van der Waals surface area contributed by atoms with Crippen molar-refractivity contribution >= 4 is 0 Å². The van der Waals surface area contributed by atoms with Crippen molar-refractivity contribution in [3.63, 3.8) is 0 Å². The van der Waals surface area contributed by atoms with Crippen LogP contribution in [0.4, 0.5) is 0 Å². The van der Waals surface area contributed by atoms with Gasteiger partial charge in [-0.3, -0.25) is 4.79 Å². The van der Waals surface area contributed by atoms with Crippen LogP contribution in [0.25, 0.3) is 0 Å². The zero-order valence-corrected chi connectivity index (χ0v) is 5.29. The van der Waals surface area contributed by atoms with E-state index in [4.69, 9.17) is 0 Å². The number of aryl methyl sites for hydroxylation is 1. The minimum Gasteiger partial charge on any atom is -0.315 e. The van der Waals surface area contributed by atoms with E-state index in [1.807, 2.05) is 6.92 Å². The van der Waals surface area contributed by atoms with Gasteiger partial charge in [-0.15, -0.1) is 0 Å². The second kappa shape index (κ2) is 2.49. The first kappa shape index (κ1) is 6.08. The molecule has 1 rings (SSSR count). The van der Waals surface area contributed by atoms with Crippen molar-refractivity contribution in [2.24, 2.45) is 0 Å². The van der Waals surface area contributed by atoms with Gasteiger partial charge in [-0.05, 0) is 19.1 Å². The lowest BCUT2D eigenvalue weighted by Gasteiger charge is -1.95. The van der Waals surface area contributed by atoms with Crippen LogP contribution in [-0.4, -0.2) is 4.57 Å². The first-order valence-corrected chi connectivity index (χ1v) is 2.91. The number of pyridine rings is 1. The fraction of sp³-hybridized carbons (Fsp3) is 0.286. The third-order valence-corrected chi connectivity index (χ3v) is 1.17. The summed E-state index contributed by atoms with van der Waals surface area (Å²) in [5.74, 6) is 0. The van der Waals surface area contributed by atoms with Crippen molar-refractivity contribution in [3.8, 4) is 0 Å². The summed E-state index contributed by atoms with van der Waals surface area (Å²) in [6.45, 7) is 2.64. The third-order valence-electron chi connectivity index (χ3n) is 1.17. The molecule has 0 aromatic carbocycles. The number of nitrogens with zero attached hydrogens (tertiary/aromatic N) is 1. The molecule has 0 unspecified atom stereocenters. The minimum absolute atomic E-state index is 0.0556. The van der Waals surface area contributed by atoms with Crippen LogP contribution in [0.3, 0.4) is 0 Å². The molecule has 0 amide bonds. The molecule has 1 radical (unpaired) electrons. The summed E-state index contributed by atoms with van der Waals surface area (Å²) in [5.41, 5.74) is -0.0556. The van der Waals surface area contributed by atoms with Gasteiger partial charge < -0.3 is 4.57 Å². The van der Waals surface area contributed by atoms with E-state index in [9.17, 15) is 4.79 Å². The molecular weight excluding hydrogens is 114 g/mol. The van der Waals surface area contributed by atoms with Gasteiger partial charge in [0.25, 0.3) is 5.56 Å². The molecule has 0 N–H and O–H groups in total. The highest BCUT2D eigenvalue weighted by atomic mass is 16.1. The van der Waals surface area contributed by atoms with E-state index in [2.05, 4.69) is 6.07 Å². The van der Waals surface area contributed by atoms with E-state index in [0.717, 1.165) is 6.54 Å². The van der Waals surface area contributed by atoms with E-state index in [1.165, 1.54) is 0 Å². The molecule has 0 aliphatic carbocycles. The van der Waals surface area contributed by atoms with E-state index in [0.29, 0.717) is 0 Å². The van der Waals surface area contributed by atoms with Gasteiger partial charge in [-0.1, -0.05) is 0 Å². The summed E-state index contributed by atoms with van der Waals surface area (Å²) in [7, 11) is 0. The average molecular weight is 122 g/mol. The zero-order valence-electron chi connectivity index (χ0n) is 5.29. The molecule has 9 heavy (non-hydrogen) atoms. The Morgan fingerprint density at radius 2 is 2.56 bits per heavy atom. The van der Waals surface area contributed by atoms with E-state index in [-0.39, 0.29) is 5.56 Å². The number of aromatic nitrogens is 1. The van der Waals surface area contributed by atoms with Gasteiger partial charge in [0.15, 0.2) is 0 Å². The first-order valence-electron chi connectivity index (χ1n) is 2.91. The Balaban J connectivity index is 3.16. The SMILES string of the molecule is CCn1ccc[c]c1=O. The van der Waals surface area contributed by atoms with Crippen molar-refractivity contribution in [3.05, 3.63) is 34.7 Å². The summed E-state index contributed by atoms with van der Waals surface area (Å²) < 4.78 is 1.60. The summed E-state index contributed by atoms with van der Waals surface area (Å²) in [5, 5.41) is 0. The van der Waals surface area contributed by atoms with Crippen molar-refractivity contribution in [1.29, 1.82) is 0 Å².